The van der Waals surface area contributed by atoms with Gasteiger partial charge < -0.3 is 18.9 Å². The highest BCUT2D eigenvalue weighted by atomic mass is 16.8. The molecular weight excluding hydrogens is 360 g/mol. The van der Waals surface area contributed by atoms with Crippen LogP contribution in [0.2, 0.25) is 0 Å². The average Bonchev–Trinajstić information content (AvgIpc) is 3.20. The molecule has 0 spiro atoms. The lowest BCUT2D eigenvalue weighted by molar-refractivity contribution is -0.139. The van der Waals surface area contributed by atoms with Gasteiger partial charge in [0.1, 0.15) is 5.75 Å². The number of Topliss-reactive ketones (excluding diaryl/α,β-unsaturated/α-hetero) is 1. The Labute approximate surface area is 163 Å². The van der Waals surface area contributed by atoms with Crippen LogP contribution >= 0.6 is 0 Å². The molecule has 1 aliphatic heterocycles. The quantitative estimate of drug-likeness (QED) is 0.414. The molecule has 144 valence electrons. The molecule has 1 aliphatic rings. The van der Waals surface area contributed by atoms with Crippen LogP contribution in [0.3, 0.4) is 0 Å². The molecule has 0 aliphatic carbocycles. The Bertz CT molecular complexity index is 927. The summed E-state index contributed by atoms with van der Waals surface area (Å²) in [6.07, 6.45) is 2.69. The van der Waals surface area contributed by atoms with Crippen molar-refractivity contribution >= 4 is 11.8 Å². The van der Waals surface area contributed by atoms with Crippen LogP contribution in [-0.2, 0) is 25.4 Å². The number of methoxy groups -OCH3 is 1. The fraction of sp³-hybridized carbons (Fsp3) is 0.182. The summed E-state index contributed by atoms with van der Waals surface area (Å²) in [5, 5.41) is 0. The first-order valence-corrected chi connectivity index (χ1v) is 8.67. The lowest BCUT2D eigenvalue weighted by atomic mass is 9.95. The maximum absolute atomic E-state index is 13.1. The van der Waals surface area contributed by atoms with Crippen LogP contribution in [0.15, 0.2) is 72.4 Å². The summed E-state index contributed by atoms with van der Waals surface area (Å²) in [5.41, 5.74) is 2.50. The highest BCUT2D eigenvalue weighted by molar-refractivity contribution is 6.11. The molecule has 0 aromatic heterocycles. The predicted molar refractivity (Wildman–Crippen MR) is 102 cm³/mol. The van der Waals surface area contributed by atoms with E-state index in [-0.39, 0.29) is 24.9 Å². The Balaban J connectivity index is 1.88. The fourth-order valence-corrected chi connectivity index (χ4v) is 2.77. The van der Waals surface area contributed by atoms with Crippen molar-refractivity contribution in [1.82, 2.24) is 0 Å². The van der Waals surface area contributed by atoms with E-state index in [0.717, 1.165) is 11.1 Å². The number of benzene rings is 2. The SMILES string of the molecule is COc1ccc(C(=O)C(=CC(=O)OC2=COCO2)Cc2ccccc2)cc1C. The van der Waals surface area contributed by atoms with Crippen LogP contribution in [0, 0.1) is 6.92 Å². The molecule has 0 fully saturated rings. The molecular formula is C22H20O6. The van der Waals surface area contributed by atoms with Crippen molar-refractivity contribution in [1.29, 1.82) is 0 Å². The van der Waals surface area contributed by atoms with Gasteiger partial charge in [-0.1, -0.05) is 30.3 Å². The van der Waals surface area contributed by atoms with Gasteiger partial charge >= 0.3 is 11.9 Å². The van der Waals surface area contributed by atoms with Gasteiger partial charge in [0.05, 0.1) is 7.11 Å². The van der Waals surface area contributed by atoms with E-state index in [1.165, 1.54) is 12.3 Å². The number of rotatable bonds is 7. The Morgan fingerprint density at radius 1 is 1.14 bits per heavy atom. The van der Waals surface area contributed by atoms with Crippen LogP contribution in [0.5, 0.6) is 5.75 Å². The number of carbonyl (C=O) groups excluding carboxylic acids is 2. The fourth-order valence-electron chi connectivity index (χ4n) is 2.77. The molecule has 1 heterocycles. The molecule has 0 saturated carbocycles. The first-order chi connectivity index (χ1) is 13.6. The molecule has 0 radical (unpaired) electrons. The molecule has 0 N–H and O–H groups in total. The molecule has 0 amide bonds. The lowest BCUT2D eigenvalue weighted by Crippen LogP contribution is -2.11. The van der Waals surface area contributed by atoms with Crippen molar-refractivity contribution in [3.8, 4) is 5.75 Å². The Kier molecular flexibility index (Phi) is 6.11. The average molecular weight is 380 g/mol. The molecule has 0 atom stereocenters. The van der Waals surface area contributed by atoms with E-state index in [2.05, 4.69) is 0 Å². The lowest BCUT2D eigenvalue weighted by Gasteiger charge is -2.10. The van der Waals surface area contributed by atoms with Gasteiger partial charge in [0.15, 0.2) is 12.0 Å². The van der Waals surface area contributed by atoms with E-state index < -0.39 is 5.97 Å². The van der Waals surface area contributed by atoms with Crippen LogP contribution in [0.25, 0.3) is 0 Å². The summed E-state index contributed by atoms with van der Waals surface area (Å²) in [6.45, 7) is 1.85. The summed E-state index contributed by atoms with van der Waals surface area (Å²) in [7, 11) is 1.57. The molecule has 6 heteroatoms. The maximum Gasteiger partial charge on any atom is 0.339 e. The van der Waals surface area contributed by atoms with Crippen LogP contribution in [0.4, 0.5) is 0 Å². The van der Waals surface area contributed by atoms with Crippen molar-refractivity contribution in [2.75, 3.05) is 13.9 Å². The number of carbonyl (C=O) groups is 2. The van der Waals surface area contributed by atoms with Crippen molar-refractivity contribution in [3.05, 3.63) is 89.1 Å². The van der Waals surface area contributed by atoms with E-state index >= 15 is 0 Å². The van der Waals surface area contributed by atoms with Gasteiger partial charge in [0.25, 0.3) is 0 Å². The Morgan fingerprint density at radius 3 is 2.57 bits per heavy atom. The maximum atomic E-state index is 13.1. The third kappa shape index (κ3) is 4.79. The van der Waals surface area contributed by atoms with Gasteiger partial charge in [-0.3, -0.25) is 4.79 Å². The van der Waals surface area contributed by atoms with Crippen LogP contribution in [0.1, 0.15) is 21.5 Å². The summed E-state index contributed by atoms with van der Waals surface area (Å²) in [5.74, 6) is -0.312. The summed E-state index contributed by atoms with van der Waals surface area (Å²) in [4.78, 5) is 25.3. The third-order valence-electron chi connectivity index (χ3n) is 4.13. The van der Waals surface area contributed by atoms with Crippen molar-refractivity contribution in [2.45, 2.75) is 13.3 Å². The highest BCUT2D eigenvalue weighted by Crippen LogP contribution is 2.22. The number of esters is 1. The van der Waals surface area contributed by atoms with E-state index in [0.29, 0.717) is 16.9 Å². The summed E-state index contributed by atoms with van der Waals surface area (Å²) in [6, 6.07) is 14.6. The Hall–Kier alpha value is -3.54. The number of allylic oxidation sites excluding steroid dienone is 1. The molecule has 0 unspecified atom stereocenters. The minimum atomic E-state index is -0.707. The number of hydrogen-bond donors (Lipinski definition) is 0. The Morgan fingerprint density at radius 2 is 1.93 bits per heavy atom. The molecule has 6 nitrogen and oxygen atoms in total. The highest BCUT2D eigenvalue weighted by Gasteiger charge is 2.18. The minimum absolute atomic E-state index is 0.00669. The van der Waals surface area contributed by atoms with Gasteiger partial charge in [-0.2, -0.15) is 0 Å². The molecule has 28 heavy (non-hydrogen) atoms. The number of ether oxygens (including phenoxy) is 4. The van der Waals surface area contributed by atoms with Gasteiger partial charge in [0, 0.05) is 23.6 Å². The second-order valence-electron chi connectivity index (χ2n) is 6.13. The summed E-state index contributed by atoms with van der Waals surface area (Å²) >= 11 is 0. The zero-order chi connectivity index (χ0) is 19.9. The molecule has 3 rings (SSSR count). The number of ketones is 1. The van der Waals surface area contributed by atoms with Gasteiger partial charge in [-0.05, 0) is 36.2 Å². The van der Waals surface area contributed by atoms with Crippen molar-refractivity contribution in [2.24, 2.45) is 0 Å². The first kappa shape index (κ1) is 19.2. The third-order valence-corrected chi connectivity index (χ3v) is 4.13. The van der Waals surface area contributed by atoms with Crippen LogP contribution < -0.4 is 4.74 Å². The monoisotopic (exact) mass is 380 g/mol. The van der Waals surface area contributed by atoms with E-state index in [9.17, 15) is 9.59 Å². The molecule has 2 aromatic carbocycles. The van der Waals surface area contributed by atoms with Gasteiger partial charge in [-0.25, -0.2) is 4.79 Å². The molecule has 0 bridgehead atoms. The van der Waals surface area contributed by atoms with Gasteiger partial charge in [-0.15, -0.1) is 0 Å². The minimum Gasteiger partial charge on any atom is -0.496 e. The number of hydrogen-bond acceptors (Lipinski definition) is 6. The van der Waals surface area contributed by atoms with E-state index in [1.807, 2.05) is 37.3 Å². The normalized spacial score (nSPS) is 13.2. The topological polar surface area (TPSA) is 71.1 Å². The molecule has 2 aromatic rings. The van der Waals surface area contributed by atoms with E-state index in [4.69, 9.17) is 18.9 Å². The van der Waals surface area contributed by atoms with Crippen molar-refractivity contribution < 1.29 is 28.5 Å². The largest absolute Gasteiger partial charge is 0.496 e. The second-order valence-corrected chi connectivity index (χ2v) is 6.13. The predicted octanol–water partition coefficient (Wildman–Crippen LogP) is 3.70. The van der Waals surface area contributed by atoms with Gasteiger partial charge in [0.2, 0.25) is 6.79 Å². The zero-order valence-electron chi connectivity index (χ0n) is 15.6. The van der Waals surface area contributed by atoms with E-state index in [1.54, 1.807) is 25.3 Å². The first-order valence-electron chi connectivity index (χ1n) is 8.67. The second kappa shape index (κ2) is 8.90. The molecule has 0 saturated heterocycles. The number of aryl methyl sites for hydroxylation is 1. The smallest absolute Gasteiger partial charge is 0.339 e. The van der Waals surface area contributed by atoms with Crippen LogP contribution in [-0.4, -0.2) is 25.7 Å². The zero-order valence-corrected chi connectivity index (χ0v) is 15.6. The standard InChI is InChI=1S/C22H20O6/c1-15-10-17(8-9-19(15)25-2)22(24)18(11-16-6-4-3-5-7-16)12-20(23)28-21-13-26-14-27-21/h3-10,12-13H,11,14H2,1-2H3. The van der Waals surface area contributed by atoms with Crippen molar-refractivity contribution in [3.63, 3.8) is 0 Å². The summed E-state index contributed by atoms with van der Waals surface area (Å²) < 4.78 is 20.1.